The number of anilines is 1. The molecule has 1 aliphatic rings. The number of halogens is 1. The Morgan fingerprint density at radius 3 is 2.40 bits per heavy atom. The monoisotopic (exact) mass is 403 g/mol. The quantitative estimate of drug-likeness (QED) is 0.757. The molecule has 0 spiro atoms. The molecule has 0 atom stereocenters. The van der Waals surface area contributed by atoms with Crippen LogP contribution in [0.5, 0.6) is 11.5 Å². The van der Waals surface area contributed by atoms with E-state index < -0.39 is 0 Å². The molecule has 0 aromatic heterocycles. The van der Waals surface area contributed by atoms with Crippen LogP contribution in [0.1, 0.15) is 30.9 Å². The zero-order valence-electron chi connectivity index (χ0n) is 14.3. The predicted molar refractivity (Wildman–Crippen MR) is 103 cm³/mol. The third-order valence-corrected chi connectivity index (χ3v) is 4.77. The van der Waals surface area contributed by atoms with E-state index in [-0.39, 0.29) is 5.91 Å². The Hall–Kier alpha value is -2.01. The summed E-state index contributed by atoms with van der Waals surface area (Å²) in [6.07, 6.45) is 3.81. The smallest absolute Gasteiger partial charge is 0.228 e. The van der Waals surface area contributed by atoms with Crippen LogP contribution in [0, 0.1) is 0 Å². The number of aryl methyl sites for hydroxylation is 1. The van der Waals surface area contributed by atoms with Gasteiger partial charge in [0.2, 0.25) is 5.91 Å². The number of amides is 1. The number of ether oxygens (including phenoxy) is 2. The Labute approximate surface area is 156 Å². The Kier molecular flexibility index (Phi) is 5.97. The molecule has 2 aromatic rings. The summed E-state index contributed by atoms with van der Waals surface area (Å²) in [5, 5.41) is 2.94. The van der Waals surface area contributed by atoms with Crippen LogP contribution in [-0.4, -0.2) is 19.1 Å². The molecule has 4 nitrogen and oxygen atoms in total. The van der Waals surface area contributed by atoms with Crippen molar-refractivity contribution in [3.05, 3.63) is 52.0 Å². The summed E-state index contributed by atoms with van der Waals surface area (Å²) in [7, 11) is 0. The Balaban J connectivity index is 1.62. The highest BCUT2D eigenvalue weighted by molar-refractivity contribution is 9.10. The summed E-state index contributed by atoms with van der Waals surface area (Å²) in [4.78, 5) is 12.4. The van der Waals surface area contributed by atoms with E-state index in [1.807, 2.05) is 18.2 Å². The van der Waals surface area contributed by atoms with Crippen molar-refractivity contribution in [2.24, 2.45) is 0 Å². The second-order valence-electron chi connectivity index (χ2n) is 6.12. The highest BCUT2D eigenvalue weighted by Crippen LogP contribution is 2.38. The third kappa shape index (κ3) is 4.75. The number of carbonyl (C=O) groups excluding carboxylic acids is 1. The van der Waals surface area contributed by atoms with Crippen molar-refractivity contribution in [3.63, 3.8) is 0 Å². The molecule has 3 rings (SSSR count). The lowest BCUT2D eigenvalue weighted by molar-refractivity contribution is -0.115. The molecule has 1 aliphatic heterocycles. The number of rotatable bonds is 6. The van der Waals surface area contributed by atoms with Crippen molar-refractivity contribution in [3.8, 4) is 11.5 Å². The van der Waals surface area contributed by atoms with E-state index in [0.717, 1.165) is 16.5 Å². The number of hydrogen-bond donors (Lipinski definition) is 1. The topological polar surface area (TPSA) is 47.6 Å². The average Bonchev–Trinajstić information content (AvgIpc) is 2.62. The van der Waals surface area contributed by atoms with Crippen molar-refractivity contribution in [2.75, 3.05) is 18.5 Å². The van der Waals surface area contributed by atoms with Crippen molar-refractivity contribution in [1.82, 2.24) is 0 Å². The van der Waals surface area contributed by atoms with Crippen LogP contribution in [0.2, 0.25) is 0 Å². The van der Waals surface area contributed by atoms with Crippen LogP contribution < -0.4 is 14.8 Å². The van der Waals surface area contributed by atoms with Crippen LogP contribution in [0.15, 0.2) is 40.9 Å². The Bertz CT molecular complexity index is 743. The summed E-state index contributed by atoms with van der Waals surface area (Å²) in [6.45, 7) is 3.25. The lowest BCUT2D eigenvalue weighted by Crippen LogP contribution is -2.17. The van der Waals surface area contributed by atoms with Crippen LogP contribution in [0.25, 0.3) is 0 Å². The highest BCUT2D eigenvalue weighted by atomic mass is 79.9. The molecule has 1 heterocycles. The molecule has 132 valence electrons. The molecule has 25 heavy (non-hydrogen) atoms. The fourth-order valence-electron chi connectivity index (χ4n) is 2.74. The van der Waals surface area contributed by atoms with Crippen LogP contribution in [-0.2, 0) is 17.6 Å². The van der Waals surface area contributed by atoms with Crippen LogP contribution >= 0.6 is 15.9 Å². The fourth-order valence-corrected chi connectivity index (χ4v) is 3.17. The minimum atomic E-state index is -0.0568. The first-order valence-corrected chi connectivity index (χ1v) is 9.42. The van der Waals surface area contributed by atoms with Gasteiger partial charge in [-0.1, -0.05) is 37.6 Å². The van der Waals surface area contributed by atoms with Gasteiger partial charge in [-0.05, 0) is 39.9 Å². The summed E-state index contributed by atoms with van der Waals surface area (Å²) in [5.41, 5.74) is 3.01. The van der Waals surface area contributed by atoms with E-state index >= 15 is 0 Å². The second kappa shape index (κ2) is 8.39. The second-order valence-corrected chi connectivity index (χ2v) is 6.98. The van der Waals surface area contributed by atoms with Gasteiger partial charge in [-0.2, -0.15) is 0 Å². The highest BCUT2D eigenvalue weighted by Gasteiger charge is 2.16. The fraction of sp³-hybridized carbons (Fsp3) is 0.350. The van der Waals surface area contributed by atoms with Crippen molar-refractivity contribution >= 4 is 27.5 Å². The number of nitrogens with one attached hydrogen (secondary N) is 1. The molecule has 0 bridgehead atoms. The minimum absolute atomic E-state index is 0.0568. The molecule has 1 N–H and O–H groups in total. The van der Waals surface area contributed by atoms with E-state index in [2.05, 4.69) is 40.3 Å². The molecule has 5 heteroatoms. The van der Waals surface area contributed by atoms with Crippen LogP contribution in [0.4, 0.5) is 5.69 Å². The third-order valence-electron chi connectivity index (χ3n) is 4.11. The zero-order valence-corrected chi connectivity index (χ0v) is 15.9. The first-order chi connectivity index (χ1) is 12.2. The minimum Gasteiger partial charge on any atom is -0.486 e. The standard InChI is InChI=1S/C20H22BrNO3/c1-2-3-4-14-5-7-15(8-6-14)11-20(23)22-17-13-19-18(12-16(17)21)24-9-10-25-19/h5-8,12-13H,2-4,9-11H2,1H3,(H,22,23). The molecule has 0 unspecified atom stereocenters. The Morgan fingerprint density at radius 2 is 1.72 bits per heavy atom. The van der Waals surface area contributed by atoms with Gasteiger partial charge in [-0.3, -0.25) is 4.79 Å². The molecule has 0 saturated carbocycles. The van der Waals surface area contributed by atoms with Crippen molar-refractivity contribution in [1.29, 1.82) is 0 Å². The summed E-state index contributed by atoms with van der Waals surface area (Å²) < 4.78 is 11.9. The van der Waals surface area contributed by atoms with Gasteiger partial charge in [0, 0.05) is 16.6 Å². The number of unbranched alkanes of at least 4 members (excludes halogenated alkanes) is 1. The first kappa shape index (κ1) is 17.8. The van der Waals surface area contributed by atoms with Gasteiger partial charge in [0.1, 0.15) is 13.2 Å². The van der Waals surface area contributed by atoms with Gasteiger partial charge in [0.05, 0.1) is 12.1 Å². The van der Waals surface area contributed by atoms with Gasteiger partial charge >= 0.3 is 0 Å². The predicted octanol–water partition coefficient (Wildman–Crippen LogP) is 4.74. The molecule has 0 fully saturated rings. The summed E-state index contributed by atoms with van der Waals surface area (Å²) in [6, 6.07) is 11.9. The zero-order chi connectivity index (χ0) is 17.6. The number of benzene rings is 2. The molecule has 0 saturated heterocycles. The maximum Gasteiger partial charge on any atom is 0.228 e. The number of fused-ring (bicyclic) bond motifs is 1. The number of carbonyl (C=O) groups is 1. The summed E-state index contributed by atoms with van der Waals surface area (Å²) >= 11 is 3.47. The van der Waals surface area contributed by atoms with Gasteiger partial charge in [0.15, 0.2) is 11.5 Å². The molecular formula is C20H22BrNO3. The van der Waals surface area contributed by atoms with Gasteiger partial charge in [-0.15, -0.1) is 0 Å². The first-order valence-electron chi connectivity index (χ1n) is 8.62. The van der Waals surface area contributed by atoms with Gasteiger partial charge in [-0.25, -0.2) is 0 Å². The normalized spacial score (nSPS) is 12.7. The number of hydrogen-bond acceptors (Lipinski definition) is 3. The van der Waals surface area contributed by atoms with Crippen LogP contribution in [0.3, 0.4) is 0 Å². The lowest BCUT2D eigenvalue weighted by atomic mass is 10.0. The Morgan fingerprint density at radius 1 is 1.08 bits per heavy atom. The van der Waals surface area contributed by atoms with E-state index in [0.29, 0.717) is 36.8 Å². The lowest BCUT2D eigenvalue weighted by Gasteiger charge is -2.20. The maximum atomic E-state index is 12.4. The van der Waals surface area contributed by atoms with Crippen molar-refractivity contribution in [2.45, 2.75) is 32.6 Å². The SMILES string of the molecule is CCCCc1ccc(CC(=O)Nc2cc3c(cc2Br)OCCO3)cc1. The van der Waals surface area contributed by atoms with Gasteiger partial charge < -0.3 is 14.8 Å². The van der Waals surface area contributed by atoms with Crippen molar-refractivity contribution < 1.29 is 14.3 Å². The molecule has 2 aromatic carbocycles. The molecule has 1 amide bonds. The summed E-state index contributed by atoms with van der Waals surface area (Å²) in [5.74, 6) is 1.29. The van der Waals surface area contributed by atoms with E-state index in [1.165, 1.54) is 18.4 Å². The van der Waals surface area contributed by atoms with E-state index in [9.17, 15) is 4.79 Å². The molecular weight excluding hydrogens is 382 g/mol. The molecule has 0 aliphatic carbocycles. The largest absolute Gasteiger partial charge is 0.486 e. The van der Waals surface area contributed by atoms with Gasteiger partial charge in [0.25, 0.3) is 0 Å². The van der Waals surface area contributed by atoms with E-state index in [4.69, 9.17) is 9.47 Å². The average molecular weight is 404 g/mol. The molecule has 0 radical (unpaired) electrons. The maximum absolute atomic E-state index is 12.4. The van der Waals surface area contributed by atoms with E-state index in [1.54, 1.807) is 6.07 Å².